The molecule has 0 radical (unpaired) electrons. The molecule has 3 aromatic heterocycles. The third-order valence-corrected chi connectivity index (χ3v) is 9.64. The lowest BCUT2D eigenvalue weighted by atomic mass is 9.97. The van der Waals surface area contributed by atoms with Crippen molar-refractivity contribution in [3.05, 3.63) is 89.4 Å². The van der Waals surface area contributed by atoms with Crippen molar-refractivity contribution >= 4 is 52.2 Å². The summed E-state index contributed by atoms with van der Waals surface area (Å²) in [7, 11) is 0. The van der Waals surface area contributed by atoms with Crippen LogP contribution in [0.1, 0.15) is 94.9 Å². The zero-order chi connectivity index (χ0) is 36.9. The van der Waals surface area contributed by atoms with Gasteiger partial charge in [0.05, 0.1) is 23.0 Å². The summed E-state index contributed by atoms with van der Waals surface area (Å²) in [5.74, 6) is -1.68. The molecule has 1 unspecified atom stereocenters. The van der Waals surface area contributed by atoms with Crippen molar-refractivity contribution in [1.29, 1.82) is 0 Å². The van der Waals surface area contributed by atoms with Gasteiger partial charge in [0.25, 0.3) is 17.7 Å². The highest BCUT2D eigenvalue weighted by atomic mass is 16.2. The first-order valence-electron chi connectivity index (χ1n) is 18.2. The molecule has 14 heteroatoms. The van der Waals surface area contributed by atoms with E-state index in [1.54, 1.807) is 24.3 Å². The maximum absolute atomic E-state index is 13.3. The van der Waals surface area contributed by atoms with Gasteiger partial charge in [-0.05, 0) is 74.1 Å². The van der Waals surface area contributed by atoms with E-state index >= 15 is 0 Å². The normalized spacial score (nSPS) is 15.6. The van der Waals surface area contributed by atoms with E-state index in [9.17, 15) is 24.0 Å². The van der Waals surface area contributed by atoms with Crippen molar-refractivity contribution in [2.75, 3.05) is 11.9 Å². The lowest BCUT2D eigenvalue weighted by molar-refractivity contribution is -0.136. The maximum Gasteiger partial charge on any atom is 0.262 e. The number of aryl methyl sites for hydroxylation is 2. The minimum absolute atomic E-state index is 0.0874. The average Bonchev–Trinajstić information content (AvgIpc) is 3.89. The molecule has 2 aliphatic heterocycles. The Labute approximate surface area is 305 Å². The van der Waals surface area contributed by atoms with Gasteiger partial charge in [0.15, 0.2) is 0 Å². The molecule has 1 fully saturated rings. The van der Waals surface area contributed by atoms with Gasteiger partial charge < -0.3 is 15.6 Å². The smallest absolute Gasteiger partial charge is 0.262 e. The SMILES string of the molecule is CCCn1cc(-c2nc(Nc3ccc(C(=O)NCCCCCCCc4cccc5c4C(=O)N(C4CCC(=O)NC4=O)C5=O)cc3)nc3[nH]ccc23)cn1. The molecule has 1 saturated heterocycles. The van der Waals surface area contributed by atoms with Gasteiger partial charge in [0, 0.05) is 54.1 Å². The molecular formula is C39H41N9O5. The second-order valence-corrected chi connectivity index (χ2v) is 13.4. The number of hydrogen-bond acceptors (Lipinski definition) is 9. The van der Waals surface area contributed by atoms with Crippen LogP contribution in [0.5, 0.6) is 0 Å². The predicted octanol–water partition coefficient (Wildman–Crippen LogP) is 5.30. The number of piperidine rings is 1. The minimum Gasteiger partial charge on any atom is -0.352 e. The molecule has 53 heavy (non-hydrogen) atoms. The molecule has 272 valence electrons. The summed E-state index contributed by atoms with van der Waals surface area (Å²) in [4.78, 5) is 76.7. The summed E-state index contributed by atoms with van der Waals surface area (Å²) >= 11 is 0. The van der Waals surface area contributed by atoms with Crippen LogP contribution in [-0.2, 0) is 22.6 Å². The molecule has 14 nitrogen and oxygen atoms in total. The van der Waals surface area contributed by atoms with Gasteiger partial charge in [0.1, 0.15) is 11.7 Å². The number of carbonyl (C=O) groups excluding carboxylic acids is 5. The second kappa shape index (κ2) is 15.6. The number of anilines is 2. The Bertz CT molecular complexity index is 2190. The van der Waals surface area contributed by atoms with Crippen LogP contribution < -0.4 is 16.0 Å². The Hall–Kier alpha value is -6.18. The predicted molar refractivity (Wildman–Crippen MR) is 197 cm³/mol. The van der Waals surface area contributed by atoms with Crippen LogP contribution in [0.3, 0.4) is 0 Å². The zero-order valence-electron chi connectivity index (χ0n) is 29.5. The number of benzene rings is 2. The van der Waals surface area contributed by atoms with Crippen LogP contribution in [0, 0.1) is 0 Å². The van der Waals surface area contributed by atoms with Crippen molar-refractivity contribution in [1.82, 2.24) is 40.3 Å². The Morgan fingerprint density at radius 1 is 0.943 bits per heavy atom. The molecule has 4 N–H and O–H groups in total. The number of aromatic nitrogens is 5. The van der Waals surface area contributed by atoms with Crippen LogP contribution in [0.15, 0.2) is 67.1 Å². The van der Waals surface area contributed by atoms with E-state index in [0.717, 1.165) is 77.9 Å². The van der Waals surface area contributed by atoms with Crippen molar-refractivity contribution in [2.45, 2.75) is 77.3 Å². The van der Waals surface area contributed by atoms with E-state index in [-0.39, 0.29) is 18.7 Å². The number of aromatic amines is 1. The number of imide groups is 2. The highest BCUT2D eigenvalue weighted by Gasteiger charge is 2.45. The summed E-state index contributed by atoms with van der Waals surface area (Å²) in [6.07, 6.45) is 12.0. The summed E-state index contributed by atoms with van der Waals surface area (Å²) in [5, 5.41) is 13.8. The molecule has 2 aromatic carbocycles. The van der Waals surface area contributed by atoms with Crippen molar-refractivity contribution in [3.8, 4) is 11.3 Å². The first-order chi connectivity index (χ1) is 25.8. The lowest BCUT2D eigenvalue weighted by Gasteiger charge is -2.27. The lowest BCUT2D eigenvalue weighted by Crippen LogP contribution is -2.54. The van der Waals surface area contributed by atoms with Crippen LogP contribution in [0.4, 0.5) is 11.6 Å². The monoisotopic (exact) mass is 715 g/mol. The van der Waals surface area contributed by atoms with Gasteiger partial charge in [0.2, 0.25) is 17.8 Å². The molecular weight excluding hydrogens is 674 g/mol. The summed E-state index contributed by atoms with van der Waals surface area (Å²) in [5.41, 5.74) is 5.18. The molecule has 0 aliphatic carbocycles. The number of rotatable bonds is 15. The van der Waals surface area contributed by atoms with Gasteiger partial charge in [-0.2, -0.15) is 10.1 Å². The summed E-state index contributed by atoms with van der Waals surface area (Å²) in [6.45, 7) is 3.49. The fourth-order valence-electron chi connectivity index (χ4n) is 6.96. The minimum atomic E-state index is -0.974. The second-order valence-electron chi connectivity index (χ2n) is 13.4. The molecule has 2 aliphatic rings. The third-order valence-electron chi connectivity index (χ3n) is 9.64. The van der Waals surface area contributed by atoms with Crippen molar-refractivity contribution in [2.24, 2.45) is 0 Å². The number of H-pyrrole nitrogens is 1. The van der Waals surface area contributed by atoms with E-state index in [4.69, 9.17) is 4.98 Å². The number of fused-ring (bicyclic) bond motifs is 2. The highest BCUT2D eigenvalue weighted by molar-refractivity contribution is 6.24. The van der Waals surface area contributed by atoms with Gasteiger partial charge in [-0.1, -0.05) is 38.3 Å². The average molecular weight is 716 g/mol. The number of hydrogen-bond donors (Lipinski definition) is 4. The summed E-state index contributed by atoms with van der Waals surface area (Å²) in [6, 6.07) is 13.4. The van der Waals surface area contributed by atoms with E-state index in [2.05, 4.69) is 37.9 Å². The molecule has 5 heterocycles. The number of nitrogens with one attached hydrogen (secondary N) is 4. The van der Waals surface area contributed by atoms with Crippen LogP contribution in [0.2, 0.25) is 0 Å². The van der Waals surface area contributed by atoms with Gasteiger partial charge in [-0.15, -0.1) is 0 Å². The van der Waals surface area contributed by atoms with Crippen LogP contribution >= 0.6 is 0 Å². The molecule has 5 amide bonds. The molecule has 7 rings (SSSR count). The molecule has 0 bridgehead atoms. The molecule has 5 aromatic rings. The largest absolute Gasteiger partial charge is 0.352 e. The van der Waals surface area contributed by atoms with E-state index in [1.165, 1.54) is 0 Å². The Morgan fingerprint density at radius 3 is 2.57 bits per heavy atom. The van der Waals surface area contributed by atoms with Gasteiger partial charge in [-0.25, -0.2) is 4.98 Å². The quantitative estimate of drug-likeness (QED) is 0.0825. The third kappa shape index (κ3) is 7.57. The fourth-order valence-corrected chi connectivity index (χ4v) is 6.96. The van der Waals surface area contributed by atoms with Crippen LogP contribution in [-0.4, -0.2) is 71.8 Å². The Balaban J connectivity index is 0.844. The first kappa shape index (κ1) is 35.2. The number of carbonyl (C=O) groups is 5. The van der Waals surface area contributed by atoms with E-state index < -0.39 is 29.7 Å². The molecule has 0 saturated carbocycles. The maximum atomic E-state index is 13.3. The zero-order valence-corrected chi connectivity index (χ0v) is 29.5. The summed E-state index contributed by atoms with van der Waals surface area (Å²) < 4.78 is 1.91. The first-order valence-corrected chi connectivity index (χ1v) is 18.2. The van der Waals surface area contributed by atoms with Gasteiger partial charge in [-0.3, -0.25) is 38.9 Å². The highest BCUT2D eigenvalue weighted by Crippen LogP contribution is 2.31. The Kier molecular flexibility index (Phi) is 10.4. The van der Waals surface area contributed by atoms with Gasteiger partial charge >= 0.3 is 0 Å². The standard InChI is InChI=1S/C39H41N9O5/c1-2-21-47-23-26(22-42-47)33-29-18-20-40-34(29)46-39(45-33)43-27-14-12-25(13-15-27)35(50)41-19-7-5-3-4-6-9-24-10-8-11-28-32(24)38(53)48(37(28)52)30-16-17-31(49)44-36(30)51/h8,10-15,18,20,22-23,30H,2-7,9,16-17,19,21H2,1H3,(H,41,50)(H,44,49,51)(H2,40,43,45,46). The Morgan fingerprint density at radius 2 is 1.75 bits per heavy atom. The topological polar surface area (TPSA) is 184 Å². The van der Waals surface area contributed by atoms with E-state index in [1.807, 2.05) is 47.5 Å². The van der Waals surface area contributed by atoms with Crippen molar-refractivity contribution < 1.29 is 24.0 Å². The number of amides is 5. The number of unbranched alkanes of at least 4 members (excludes halogenated alkanes) is 4. The molecule has 1 atom stereocenters. The van der Waals surface area contributed by atoms with Crippen LogP contribution in [0.25, 0.3) is 22.3 Å². The fraction of sp³-hybridized carbons (Fsp3) is 0.333. The van der Waals surface area contributed by atoms with E-state index in [0.29, 0.717) is 41.3 Å². The number of nitrogens with zero attached hydrogens (tertiary/aromatic N) is 5. The molecule has 0 spiro atoms. The van der Waals surface area contributed by atoms with Crippen molar-refractivity contribution in [3.63, 3.8) is 0 Å².